The number of rotatable bonds is 0. The van der Waals surface area contributed by atoms with Gasteiger partial charge in [0.15, 0.2) is 0 Å². The Labute approximate surface area is 153 Å². The Balaban J connectivity index is 1.65. The molecule has 0 amide bonds. The molecule has 4 heterocycles. The molecule has 0 saturated carbocycles. The van der Waals surface area contributed by atoms with E-state index in [0.717, 1.165) is 32.7 Å². The largest absolute Gasteiger partial charge is 0.373 e. The maximum Gasteiger partial charge on any atom is 0.0741 e. The van der Waals surface area contributed by atoms with Crippen LogP contribution in [0.15, 0.2) is 47.7 Å². The molecule has 130 valence electrons. The molecule has 0 unspecified atom stereocenters. The van der Waals surface area contributed by atoms with Crippen molar-refractivity contribution >= 4 is 22.2 Å². The number of likely N-dealkylation sites (N-methyl/N-ethyl adjacent to an activating group) is 1. The molecule has 4 aliphatic heterocycles. The monoisotopic (exact) mass is 342 g/mol. The minimum absolute atomic E-state index is 0.720. The van der Waals surface area contributed by atoms with Crippen LogP contribution in [0.3, 0.4) is 0 Å². The Hall–Kier alpha value is -2.52. The van der Waals surface area contributed by atoms with Crippen LogP contribution in [0.5, 0.6) is 0 Å². The number of allylic oxidation sites excluding steroid dienone is 1. The number of nitrogens with zero attached hydrogens (tertiary/aromatic N) is 2. The number of hydrogen-bond acceptors (Lipinski definition) is 3. The number of anilines is 1. The topological polar surface area (TPSA) is 15.7 Å². The molecule has 0 aliphatic carbocycles. The second-order valence-electron chi connectivity index (χ2n) is 7.87. The van der Waals surface area contributed by atoms with Gasteiger partial charge in [-0.2, -0.15) is 0 Å². The molecule has 0 N–H and O–H groups in total. The van der Waals surface area contributed by atoms with Gasteiger partial charge < -0.3 is 14.5 Å². The quantitative estimate of drug-likeness (QED) is 0.715. The van der Waals surface area contributed by atoms with Gasteiger partial charge in [-0.3, -0.25) is 0 Å². The molecule has 2 aromatic rings. The van der Waals surface area contributed by atoms with E-state index in [9.17, 15) is 0 Å². The molecule has 3 heteroatoms. The zero-order chi connectivity index (χ0) is 17.4. The molecule has 0 saturated heterocycles. The first kappa shape index (κ1) is 14.6. The van der Waals surface area contributed by atoms with Crippen molar-refractivity contribution in [1.29, 1.82) is 0 Å². The standard InChI is InChI=1S/C23H22N2O/c1-14-3-4-16-9-19-20(23-22(16)18(14)5-7-24(23)2)12-25-11-17-13-26-8-6-15(17)10-21(19)25/h3-4,6,9-11H,5,7-8,12-13H2,1-2H3. The fraction of sp³-hybridized carbons (Fsp3) is 0.304. The smallest absolute Gasteiger partial charge is 0.0741 e. The fourth-order valence-electron chi connectivity index (χ4n) is 5.03. The zero-order valence-corrected chi connectivity index (χ0v) is 15.3. The van der Waals surface area contributed by atoms with Crippen molar-refractivity contribution in [3.8, 4) is 0 Å². The number of ether oxygens (including phenoxy) is 1. The van der Waals surface area contributed by atoms with Crippen LogP contribution < -0.4 is 4.90 Å². The average molecular weight is 342 g/mol. The Bertz CT molecular complexity index is 1070. The minimum atomic E-state index is 0.720. The van der Waals surface area contributed by atoms with E-state index in [0.29, 0.717) is 0 Å². The van der Waals surface area contributed by atoms with E-state index in [1.54, 1.807) is 5.56 Å². The van der Waals surface area contributed by atoms with Gasteiger partial charge in [-0.1, -0.05) is 18.2 Å². The van der Waals surface area contributed by atoms with Crippen molar-refractivity contribution in [2.45, 2.75) is 19.9 Å². The lowest BCUT2D eigenvalue weighted by molar-refractivity contribution is 0.179. The lowest BCUT2D eigenvalue weighted by Crippen LogP contribution is -2.26. The molecule has 0 fully saturated rings. The molecular weight excluding hydrogens is 320 g/mol. The van der Waals surface area contributed by atoms with Crippen LogP contribution in [0, 0.1) is 6.92 Å². The van der Waals surface area contributed by atoms with Gasteiger partial charge in [0.1, 0.15) is 0 Å². The highest BCUT2D eigenvalue weighted by atomic mass is 16.5. The van der Waals surface area contributed by atoms with Crippen LogP contribution in [-0.4, -0.2) is 31.7 Å². The van der Waals surface area contributed by atoms with Gasteiger partial charge in [0, 0.05) is 47.6 Å². The van der Waals surface area contributed by atoms with Crippen molar-refractivity contribution in [3.63, 3.8) is 0 Å². The second-order valence-corrected chi connectivity index (χ2v) is 7.87. The summed E-state index contributed by atoms with van der Waals surface area (Å²) >= 11 is 0. The molecule has 6 rings (SSSR count). The summed E-state index contributed by atoms with van der Waals surface area (Å²) in [5.74, 6) is 0. The predicted molar refractivity (Wildman–Crippen MR) is 106 cm³/mol. The summed E-state index contributed by atoms with van der Waals surface area (Å²) in [6.07, 6.45) is 8.01. The Morgan fingerprint density at radius 1 is 1.15 bits per heavy atom. The molecule has 26 heavy (non-hydrogen) atoms. The van der Waals surface area contributed by atoms with Crippen LogP contribution in [0.25, 0.3) is 16.5 Å². The molecule has 0 bridgehead atoms. The maximum absolute atomic E-state index is 5.62. The van der Waals surface area contributed by atoms with Crippen molar-refractivity contribution in [3.05, 3.63) is 70.0 Å². The Morgan fingerprint density at radius 2 is 2.08 bits per heavy atom. The Kier molecular flexibility index (Phi) is 2.82. The van der Waals surface area contributed by atoms with Crippen LogP contribution in [-0.2, 0) is 17.7 Å². The molecule has 0 atom stereocenters. The molecule has 4 aliphatic rings. The maximum atomic E-state index is 5.62. The molecule has 0 radical (unpaired) electrons. The second kappa shape index (κ2) is 5.01. The van der Waals surface area contributed by atoms with Gasteiger partial charge in [0.2, 0.25) is 0 Å². The SMILES string of the molecule is Cc1ccc2cc3c(c4c2c1CCN4C)CN1C=C2COCC=C2C=C31. The summed E-state index contributed by atoms with van der Waals surface area (Å²) in [6.45, 7) is 5.76. The van der Waals surface area contributed by atoms with E-state index in [1.807, 2.05) is 0 Å². The molecule has 0 aromatic heterocycles. The first-order chi connectivity index (χ1) is 12.7. The van der Waals surface area contributed by atoms with E-state index < -0.39 is 0 Å². The van der Waals surface area contributed by atoms with E-state index in [2.05, 4.69) is 60.3 Å². The van der Waals surface area contributed by atoms with E-state index in [-0.39, 0.29) is 0 Å². The van der Waals surface area contributed by atoms with Gasteiger partial charge >= 0.3 is 0 Å². The predicted octanol–water partition coefficient (Wildman–Crippen LogP) is 4.15. The number of aryl methyl sites for hydroxylation is 1. The third-order valence-corrected chi connectivity index (χ3v) is 6.37. The van der Waals surface area contributed by atoms with Gasteiger partial charge in [0.25, 0.3) is 0 Å². The summed E-state index contributed by atoms with van der Waals surface area (Å²) < 4.78 is 5.62. The fourth-order valence-corrected chi connectivity index (χ4v) is 5.03. The van der Waals surface area contributed by atoms with Gasteiger partial charge in [-0.05, 0) is 47.6 Å². The van der Waals surface area contributed by atoms with Crippen molar-refractivity contribution in [1.82, 2.24) is 4.90 Å². The van der Waals surface area contributed by atoms with E-state index in [4.69, 9.17) is 4.74 Å². The highest BCUT2D eigenvalue weighted by molar-refractivity contribution is 6.04. The van der Waals surface area contributed by atoms with Crippen LogP contribution in [0.2, 0.25) is 0 Å². The highest BCUT2D eigenvalue weighted by Gasteiger charge is 2.33. The van der Waals surface area contributed by atoms with Crippen molar-refractivity contribution in [2.75, 3.05) is 31.7 Å². The van der Waals surface area contributed by atoms with Gasteiger partial charge in [-0.25, -0.2) is 0 Å². The van der Waals surface area contributed by atoms with Crippen LogP contribution in [0.4, 0.5) is 5.69 Å². The normalized spacial score (nSPS) is 20.3. The zero-order valence-electron chi connectivity index (χ0n) is 15.3. The molecule has 3 nitrogen and oxygen atoms in total. The molecular formula is C23H22N2O. The minimum Gasteiger partial charge on any atom is -0.373 e. The number of hydrogen-bond donors (Lipinski definition) is 0. The summed E-state index contributed by atoms with van der Waals surface area (Å²) in [6, 6.07) is 7.01. The van der Waals surface area contributed by atoms with E-state index >= 15 is 0 Å². The number of fused-ring (bicyclic) bond motifs is 5. The third-order valence-electron chi connectivity index (χ3n) is 6.37. The summed E-state index contributed by atoms with van der Waals surface area (Å²) in [4.78, 5) is 4.88. The molecule has 2 aromatic carbocycles. The first-order valence-corrected chi connectivity index (χ1v) is 9.47. The lowest BCUT2D eigenvalue weighted by atomic mass is 9.88. The summed E-state index contributed by atoms with van der Waals surface area (Å²) in [5, 5.41) is 2.86. The summed E-state index contributed by atoms with van der Waals surface area (Å²) in [7, 11) is 2.25. The number of benzene rings is 2. The third kappa shape index (κ3) is 1.81. The molecule has 0 spiro atoms. The van der Waals surface area contributed by atoms with Gasteiger partial charge in [0.05, 0.1) is 25.4 Å². The lowest BCUT2D eigenvalue weighted by Gasteiger charge is -2.31. The summed E-state index contributed by atoms with van der Waals surface area (Å²) in [5.41, 5.74) is 11.3. The van der Waals surface area contributed by atoms with Crippen LogP contribution >= 0.6 is 0 Å². The highest BCUT2D eigenvalue weighted by Crippen LogP contribution is 2.48. The first-order valence-electron chi connectivity index (χ1n) is 9.47. The van der Waals surface area contributed by atoms with Gasteiger partial charge in [-0.15, -0.1) is 0 Å². The van der Waals surface area contributed by atoms with E-state index in [1.165, 1.54) is 50.0 Å². The van der Waals surface area contributed by atoms with Crippen molar-refractivity contribution < 1.29 is 4.74 Å². The van der Waals surface area contributed by atoms with Crippen molar-refractivity contribution in [2.24, 2.45) is 0 Å². The van der Waals surface area contributed by atoms with Crippen LogP contribution in [0.1, 0.15) is 22.3 Å². The average Bonchev–Trinajstić information content (AvgIpc) is 3.01. The Morgan fingerprint density at radius 3 is 3.00 bits per heavy atom.